The van der Waals surface area contributed by atoms with Crippen molar-refractivity contribution < 1.29 is 19.7 Å². The van der Waals surface area contributed by atoms with Crippen LogP contribution < -0.4 is 0 Å². The summed E-state index contributed by atoms with van der Waals surface area (Å²) in [5.74, 6) is -0.219. The van der Waals surface area contributed by atoms with Crippen molar-refractivity contribution in [3.8, 4) is 0 Å². The highest BCUT2D eigenvalue weighted by Crippen LogP contribution is 2.23. The molecule has 1 unspecified atom stereocenters. The van der Waals surface area contributed by atoms with Gasteiger partial charge in [0, 0.05) is 12.3 Å². The maximum atomic E-state index is 12.1. The zero-order valence-corrected chi connectivity index (χ0v) is 18.3. The molecular formula is C24H44O4. The summed E-state index contributed by atoms with van der Waals surface area (Å²) in [6, 6.07) is 0. The Kier molecular flexibility index (Phi) is 14.6. The van der Waals surface area contributed by atoms with Crippen LogP contribution >= 0.6 is 0 Å². The van der Waals surface area contributed by atoms with Crippen molar-refractivity contribution in [1.82, 2.24) is 0 Å². The lowest BCUT2D eigenvalue weighted by Crippen LogP contribution is -2.41. The van der Waals surface area contributed by atoms with Gasteiger partial charge in [0.15, 0.2) is 5.78 Å². The average molecular weight is 397 g/mol. The monoisotopic (exact) mass is 396 g/mol. The molecule has 0 aromatic heterocycles. The lowest BCUT2D eigenvalue weighted by Gasteiger charge is -2.20. The zero-order valence-electron chi connectivity index (χ0n) is 18.3. The number of aliphatic hydroxyl groups is 2. The maximum Gasteiger partial charge on any atom is 0.164 e. The summed E-state index contributed by atoms with van der Waals surface area (Å²) in [6.07, 6.45) is 18.2. The molecule has 0 aromatic rings. The van der Waals surface area contributed by atoms with Crippen molar-refractivity contribution in [3.05, 3.63) is 12.2 Å². The first-order chi connectivity index (χ1) is 13.6. The van der Waals surface area contributed by atoms with Crippen LogP contribution in [-0.4, -0.2) is 40.9 Å². The number of hydrogen-bond donors (Lipinski definition) is 2. The van der Waals surface area contributed by atoms with E-state index in [2.05, 4.69) is 19.1 Å². The van der Waals surface area contributed by atoms with E-state index in [0.29, 0.717) is 13.0 Å². The van der Waals surface area contributed by atoms with Gasteiger partial charge in [-0.1, -0.05) is 77.4 Å². The van der Waals surface area contributed by atoms with Gasteiger partial charge in [-0.05, 0) is 32.1 Å². The van der Waals surface area contributed by atoms with Crippen molar-refractivity contribution in [3.63, 3.8) is 0 Å². The fraction of sp³-hybridized carbons (Fsp3) is 0.875. The number of unbranched alkanes of at least 4 members (excludes halogenated alkanes) is 11. The van der Waals surface area contributed by atoms with Crippen LogP contribution in [0.4, 0.5) is 0 Å². The molecule has 0 amide bonds. The van der Waals surface area contributed by atoms with E-state index >= 15 is 0 Å². The first kappa shape index (κ1) is 25.3. The van der Waals surface area contributed by atoms with Crippen molar-refractivity contribution >= 4 is 5.78 Å². The second-order valence-electron chi connectivity index (χ2n) is 8.51. The van der Waals surface area contributed by atoms with Gasteiger partial charge in [0.25, 0.3) is 0 Å². The fourth-order valence-electron chi connectivity index (χ4n) is 3.76. The molecule has 0 spiro atoms. The summed E-state index contributed by atoms with van der Waals surface area (Å²) < 4.78 is 5.36. The third kappa shape index (κ3) is 10.7. The molecule has 0 radical (unpaired) electrons. The lowest BCUT2D eigenvalue weighted by molar-refractivity contribution is -0.137. The number of aliphatic hydroxyl groups excluding tert-OH is 2. The number of carbonyl (C=O) groups is 1. The van der Waals surface area contributed by atoms with Crippen LogP contribution in [0.5, 0.6) is 0 Å². The average Bonchev–Trinajstić information content (AvgIpc) is 3.02. The molecule has 0 bridgehead atoms. The quantitative estimate of drug-likeness (QED) is 0.257. The van der Waals surface area contributed by atoms with Crippen LogP contribution in [0.15, 0.2) is 12.2 Å². The minimum atomic E-state index is -1.18. The fourth-order valence-corrected chi connectivity index (χ4v) is 3.76. The Labute approximate surface area is 172 Å². The standard InChI is InChI=1S/C24H44O4/c1-3-4-5-6-7-8-9-10-11-12-13-14-15-16-17-18-21(25)23(27)24-22(26)20(2)19-28-24/h10-11,20,22-24,26-27H,3-9,12-19H2,1-2H3/b11-10-/t20-,22+,23?,24-/m0/s1. The Morgan fingerprint density at radius 3 is 2.04 bits per heavy atom. The van der Waals surface area contributed by atoms with Gasteiger partial charge < -0.3 is 14.9 Å². The summed E-state index contributed by atoms with van der Waals surface area (Å²) in [5.41, 5.74) is 0. The first-order valence-electron chi connectivity index (χ1n) is 11.7. The van der Waals surface area contributed by atoms with E-state index in [1.807, 2.05) is 6.92 Å². The predicted molar refractivity (Wildman–Crippen MR) is 115 cm³/mol. The van der Waals surface area contributed by atoms with Crippen LogP contribution in [0.25, 0.3) is 0 Å². The second-order valence-corrected chi connectivity index (χ2v) is 8.51. The number of Topliss-reactive ketones (excluding diaryl/α,β-unsaturated/α-hetero) is 1. The van der Waals surface area contributed by atoms with Crippen molar-refractivity contribution in [2.45, 2.75) is 122 Å². The Morgan fingerprint density at radius 1 is 0.964 bits per heavy atom. The smallest absolute Gasteiger partial charge is 0.164 e. The Hall–Kier alpha value is -0.710. The lowest BCUT2D eigenvalue weighted by atomic mass is 9.96. The van der Waals surface area contributed by atoms with E-state index in [1.54, 1.807) is 0 Å². The minimum Gasteiger partial charge on any atom is -0.390 e. The molecule has 4 nitrogen and oxygen atoms in total. The number of hydrogen-bond acceptors (Lipinski definition) is 4. The van der Waals surface area contributed by atoms with Gasteiger partial charge in [-0.2, -0.15) is 0 Å². The molecule has 0 aromatic carbocycles. The van der Waals surface area contributed by atoms with Crippen LogP contribution in [0.1, 0.15) is 104 Å². The molecule has 1 heterocycles. The van der Waals surface area contributed by atoms with Crippen LogP contribution in [0.3, 0.4) is 0 Å². The van der Waals surface area contributed by atoms with Gasteiger partial charge in [-0.3, -0.25) is 4.79 Å². The molecule has 28 heavy (non-hydrogen) atoms. The molecule has 1 saturated heterocycles. The molecule has 0 aliphatic carbocycles. The molecule has 0 saturated carbocycles. The van der Waals surface area contributed by atoms with E-state index in [0.717, 1.165) is 25.7 Å². The van der Waals surface area contributed by atoms with Gasteiger partial charge in [-0.25, -0.2) is 0 Å². The van der Waals surface area contributed by atoms with E-state index in [1.165, 1.54) is 57.8 Å². The van der Waals surface area contributed by atoms with Gasteiger partial charge in [0.2, 0.25) is 0 Å². The molecule has 4 heteroatoms. The number of carbonyl (C=O) groups excluding carboxylic acids is 1. The van der Waals surface area contributed by atoms with Gasteiger partial charge >= 0.3 is 0 Å². The molecule has 1 aliphatic rings. The van der Waals surface area contributed by atoms with E-state index in [9.17, 15) is 15.0 Å². The van der Waals surface area contributed by atoms with Crippen LogP contribution in [0.2, 0.25) is 0 Å². The van der Waals surface area contributed by atoms with Crippen molar-refractivity contribution in [2.75, 3.05) is 6.61 Å². The van der Waals surface area contributed by atoms with Crippen LogP contribution in [0, 0.1) is 5.92 Å². The summed E-state index contributed by atoms with van der Waals surface area (Å²) in [7, 11) is 0. The normalized spacial score (nSPS) is 23.5. The largest absolute Gasteiger partial charge is 0.390 e. The highest BCUT2D eigenvalue weighted by Gasteiger charge is 2.40. The highest BCUT2D eigenvalue weighted by atomic mass is 16.5. The van der Waals surface area contributed by atoms with E-state index < -0.39 is 18.3 Å². The van der Waals surface area contributed by atoms with Gasteiger partial charge in [0.1, 0.15) is 12.2 Å². The molecule has 2 N–H and O–H groups in total. The number of rotatable bonds is 17. The second kappa shape index (κ2) is 16.1. The topological polar surface area (TPSA) is 66.8 Å². The van der Waals surface area contributed by atoms with Gasteiger partial charge in [0.05, 0.1) is 12.7 Å². The summed E-state index contributed by atoms with van der Waals surface area (Å²) in [6.45, 7) is 4.53. The van der Waals surface area contributed by atoms with Crippen molar-refractivity contribution in [1.29, 1.82) is 0 Å². The summed E-state index contributed by atoms with van der Waals surface area (Å²) in [5, 5.41) is 20.0. The molecule has 4 atom stereocenters. The number of ether oxygens (including phenoxy) is 1. The minimum absolute atomic E-state index is 0.0210. The predicted octanol–water partition coefficient (Wildman–Crippen LogP) is 5.35. The molecule has 164 valence electrons. The molecule has 1 aliphatic heterocycles. The SMILES string of the molecule is CCCCCCCC/C=C\CCCCCCCC(=O)C(O)[C@H]1OC[C@H](C)[C@H]1O. The molecule has 1 fully saturated rings. The van der Waals surface area contributed by atoms with E-state index in [4.69, 9.17) is 4.74 Å². The van der Waals surface area contributed by atoms with Crippen LogP contribution in [-0.2, 0) is 9.53 Å². The van der Waals surface area contributed by atoms with E-state index in [-0.39, 0.29) is 11.7 Å². The van der Waals surface area contributed by atoms with Gasteiger partial charge in [-0.15, -0.1) is 0 Å². The highest BCUT2D eigenvalue weighted by molar-refractivity contribution is 5.83. The summed E-state index contributed by atoms with van der Waals surface area (Å²) in [4.78, 5) is 12.1. The zero-order chi connectivity index (χ0) is 20.6. The Bertz CT molecular complexity index is 421. The Morgan fingerprint density at radius 2 is 1.50 bits per heavy atom. The Balaban J connectivity index is 1.91. The first-order valence-corrected chi connectivity index (χ1v) is 11.7. The maximum absolute atomic E-state index is 12.1. The molecular weight excluding hydrogens is 352 g/mol. The third-order valence-electron chi connectivity index (χ3n) is 5.80. The number of ketones is 1. The van der Waals surface area contributed by atoms with Crippen molar-refractivity contribution in [2.24, 2.45) is 5.92 Å². The summed E-state index contributed by atoms with van der Waals surface area (Å²) >= 11 is 0. The number of allylic oxidation sites excluding steroid dienone is 2. The third-order valence-corrected chi connectivity index (χ3v) is 5.80. The molecule has 1 rings (SSSR count).